The molecule has 0 radical (unpaired) electrons. The van der Waals surface area contributed by atoms with E-state index in [0.717, 1.165) is 5.71 Å². The minimum atomic E-state index is -0.994. The molecule has 3 rings (SSSR count). The normalized spacial score (nSPS) is 43.6. The Morgan fingerprint density at radius 1 is 1.53 bits per heavy atom. The van der Waals surface area contributed by atoms with E-state index in [2.05, 4.69) is 11.7 Å². The van der Waals surface area contributed by atoms with E-state index < -0.39 is 12.4 Å². The molecule has 0 bridgehead atoms. The van der Waals surface area contributed by atoms with Gasteiger partial charge in [-0.1, -0.05) is 11.2 Å². The Hall–Kier alpha value is -0.950. The summed E-state index contributed by atoms with van der Waals surface area (Å²) in [5, 5.41) is 13.8. The number of oxime groups is 1. The monoisotopic (exact) mass is 241 g/mol. The van der Waals surface area contributed by atoms with Crippen molar-refractivity contribution >= 4 is 5.71 Å². The van der Waals surface area contributed by atoms with Crippen molar-refractivity contribution in [2.24, 2.45) is 11.1 Å². The molecule has 6 nitrogen and oxygen atoms in total. The van der Waals surface area contributed by atoms with Crippen molar-refractivity contribution in [1.29, 1.82) is 0 Å². The Balaban J connectivity index is 1.76. The van der Waals surface area contributed by atoms with Gasteiger partial charge in [-0.25, -0.2) is 0 Å². The molecule has 0 amide bonds. The van der Waals surface area contributed by atoms with Crippen LogP contribution >= 0.6 is 0 Å². The van der Waals surface area contributed by atoms with Gasteiger partial charge in [-0.3, -0.25) is 0 Å². The van der Waals surface area contributed by atoms with E-state index in [1.807, 2.05) is 0 Å². The van der Waals surface area contributed by atoms with E-state index in [4.69, 9.17) is 19.0 Å². The van der Waals surface area contributed by atoms with E-state index in [0.29, 0.717) is 19.8 Å². The standard InChI is InChI=1S/C11H15NO5/c1-2-3-14-10-9-8(17-11(10)13)7-6(4-15-9)5-16-12-7/h2,6,8-11,13H,1,3-5H2/t6-,8-,9+,10-,11?/m1/s1. The van der Waals surface area contributed by atoms with Gasteiger partial charge in [0.05, 0.1) is 24.8 Å². The Kier molecular flexibility index (Phi) is 2.87. The summed E-state index contributed by atoms with van der Waals surface area (Å²) < 4.78 is 16.6. The highest BCUT2D eigenvalue weighted by Gasteiger charge is 2.53. The van der Waals surface area contributed by atoms with Crippen LogP contribution in [-0.2, 0) is 19.0 Å². The molecule has 94 valence electrons. The van der Waals surface area contributed by atoms with Gasteiger partial charge in [0, 0.05) is 0 Å². The summed E-state index contributed by atoms with van der Waals surface area (Å²) in [6, 6.07) is 0. The van der Waals surface area contributed by atoms with Crippen molar-refractivity contribution in [3.63, 3.8) is 0 Å². The second kappa shape index (κ2) is 4.38. The van der Waals surface area contributed by atoms with Crippen molar-refractivity contribution in [2.75, 3.05) is 19.8 Å². The van der Waals surface area contributed by atoms with Crippen LogP contribution in [-0.4, -0.2) is 55.2 Å². The number of rotatable bonds is 3. The van der Waals surface area contributed by atoms with Crippen molar-refractivity contribution in [2.45, 2.75) is 24.6 Å². The second-order valence-corrected chi connectivity index (χ2v) is 4.34. The largest absolute Gasteiger partial charge is 0.395 e. The molecule has 6 heteroatoms. The molecule has 17 heavy (non-hydrogen) atoms. The van der Waals surface area contributed by atoms with Crippen molar-refractivity contribution in [3.8, 4) is 0 Å². The molecule has 1 unspecified atom stereocenters. The maximum absolute atomic E-state index is 9.81. The number of hydrogen-bond acceptors (Lipinski definition) is 6. The average Bonchev–Trinajstić information content (AvgIpc) is 2.89. The highest BCUT2D eigenvalue weighted by atomic mass is 16.7. The zero-order valence-corrected chi connectivity index (χ0v) is 9.32. The quantitative estimate of drug-likeness (QED) is 0.685. The minimum Gasteiger partial charge on any atom is -0.395 e. The maximum atomic E-state index is 9.81. The molecule has 0 aromatic heterocycles. The molecule has 0 aromatic rings. The number of aliphatic hydroxyl groups excluding tert-OH is 1. The molecule has 0 saturated carbocycles. The minimum absolute atomic E-state index is 0.140. The highest BCUT2D eigenvalue weighted by Crippen LogP contribution is 2.34. The van der Waals surface area contributed by atoms with Gasteiger partial charge in [0.2, 0.25) is 0 Å². The molecular formula is C11H15NO5. The van der Waals surface area contributed by atoms with E-state index in [-0.39, 0.29) is 18.1 Å². The third-order valence-corrected chi connectivity index (χ3v) is 3.24. The van der Waals surface area contributed by atoms with E-state index in [1.165, 1.54) is 0 Å². The second-order valence-electron chi connectivity index (χ2n) is 4.34. The van der Waals surface area contributed by atoms with Gasteiger partial charge in [-0.15, -0.1) is 6.58 Å². The van der Waals surface area contributed by atoms with Crippen LogP contribution < -0.4 is 0 Å². The molecule has 2 saturated heterocycles. The van der Waals surface area contributed by atoms with Crippen LogP contribution in [0, 0.1) is 5.92 Å². The predicted octanol–water partition coefficient (Wildman–Crippen LogP) is -0.324. The van der Waals surface area contributed by atoms with Gasteiger partial charge in [0.1, 0.15) is 24.9 Å². The molecular weight excluding hydrogens is 226 g/mol. The van der Waals surface area contributed by atoms with Gasteiger partial charge >= 0.3 is 0 Å². The SMILES string of the molecule is C=CCO[C@H]1C(O)O[C@@H]2C3=NOC[C@H]3CO[C@@H]21. The third kappa shape index (κ3) is 1.77. The average molecular weight is 241 g/mol. The van der Waals surface area contributed by atoms with Gasteiger partial charge in [-0.05, 0) is 0 Å². The number of ether oxygens (including phenoxy) is 3. The van der Waals surface area contributed by atoms with Crippen molar-refractivity contribution in [3.05, 3.63) is 12.7 Å². The summed E-state index contributed by atoms with van der Waals surface area (Å²) in [6.45, 7) is 4.98. The van der Waals surface area contributed by atoms with Crippen LogP contribution in [0.15, 0.2) is 17.8 Å². The fourth-order valence-corrected chi connectivity index (χ4v) is 2.42. The maximum Gasteiger partial charge on any atom is 0.184 e. The lowest BCUT2D eigenvalue weighted by molar-refractivity contribution is -0.135. The molecule has 3 aliphatic rings. The number of nitrogens with zero attached hydrogens (tertiary/aromatic N) is 1. The smallest absolute Gasteiger partial charge is 0.184 e. The number of aliphatic hydroxyl groups is 1. The van der Waals surface area contributed by atoms with Crippen LogP contribution in [0.1, 0.15) is 0 Å². The molecule has 0 aliphatic carbocycles. The van der Waals surface area contributed by atoms with Crippen LogP contribution in [0.4, 0.5) is 0 Å². The fraction of sp³-hybridized carbons (Fsp3) is 0.727. The van der Waals surface area contributed by atoms with Gasteiger partial charge in [-0.2, -0.15) is 0 Å². The van der Waals surface area contributed by atoms with Gasteiger partial charge < -0.3 is 24.2 Å². The van der Waals surface area contributed by atoms with E-state index in [1.54, 1.807) is 6.08 Å². The Morgan fingerprint density at radius 2 is 2.41 bits per heavy atom. The fourth-order valence-electron chi connectivity index (χ4n) is 2.42. The zero-order valence-electron chi connectivity index (χ0n) is 9.32. The molecule has 3 aliphatic heterocycles. The highest BCUT2D eigenvalue weighted by molar-refractivity contribution is 5.93. The molecule has 2 fully saturated rings. The molecule has 5 atom stereocenters. The third-order valence-electron chi connectivity index (χ3n) is 3.24. The summed E-state index contributed by atoms with van der Waals surface area (Å²) in [5.74, 6) is 0.140. The lowest BCUT2D eigenvalue weighted by Crippen LogP contribution is -2.48. The Labute approximate surface area is 98.8 Å². The predicted molar refractivity (Wildman–Crippen MR) is 57.4 cm³/mol. The lowest BCUT2D eigenvalue weighted by atomic mass is 9.93. The van der Waals surface area contributed by atoms with Crippen LogP contribution in [0.3, 0.4) is 0 Å². The number of hydrogen-bond donors (Lipinski definition) is 1. The summed E-state index contributed by atoms with van der Waals surface area (Å²) in [4.78, 5) is 5.04. The summed E-state index contributed by atoms with van der Waals surface area (Å²) in [6.07, 6.45) is -0.543. The van der Waals surface area contributed by atoms with E-state index >= 15 is 0 Å². The zero-order chi connectivity index (χ0) is 11.8. The topological polar surface area (TPSA) is 69.5 Å². The molecule has 0 aromatic carbocycles. The first-order chi connectivity index (χ1) is 8.31. The van der Waals surface area contributed by atoms with E-state index in [9.17, 15) is 5.11 Å². The van der Waals surface area contributed by atoms with Crippen LogP contribution in [0.25, 0.3) is 0 Å². The van der Waals surface area contributed by atoms with Crippen LogP contribution in [0.5, 0.6) is 0 Å². The molecule has 0 spiro atoms. The van der Waals surface area contributed by atoms with Crippen molar-refractivity contribution in [1.82, 2.24) is 0 Å². The van der Waals surface area contributed by atoms with Gasteiger partial charge in [0.25, 0.3) is 0 Å². The Morgan fingerprint density at radius 3 is 3.24 bits per heavy atom. The number of fused-ring (bicyclic) bond motifs is 3. The molecule has 1 N–H and O–H groups in total. The van der Waals surface area contributed by atoms with Crippen LogP contribution in [0.2, 0.25) is 0 Å². The first-order valence-corrected chi connectivity index (χ1v) is 5.68. The van der Waals surface area contributed by atoms with Gasteiger partial charge in [0.15, 0.2) is 6.29 Å². The molecule has 3 heterocycles. The lowest BCUT2D eigenvalue weighted by Gasteiger charge is -2.29. The summed E-state index contributed by atoms with van der Waals surface area (Å²) >= 11 is 0. The van der Waals surface area contributed by atoms with Crippen molar-refractivity contribution < 1.29 is 24.2 Å². The Bertz CT molecular complexity index is 345. The summed E-state index contributed by atoms with van der Waals surface area (Å²) in [7, 11) is 0. The summed E-state index contributed by atoms with van der Waals surface area (Å²) in [5.41, 5.74) is 0.824. The first-order valence-electron chi connectivity index (χ1n) is 5.68. The first kappa shape index (κ1) is 11.2.